The van der Waals surface area contributed by atoms with E-state index in [4.69, 9.17) is 4.74 Å². The maximum absolute atomic E-state index is 14.1. The van der Waals surface area contributed by atoms with Gasteiger partial charge in [0.15, 0.2) is 0 Å². The Balaban J connectivity index is 1.39. The molecule has 10 heteroatoms. The smallest absolute Gasteiger partial charge is 0.249 e. The third kappa shape index (κ3) is 9.05. The Labute approximate surface area is 283 Å². The van der Waals surface area contributed by atoms with Gasteiger partial charge in [0.05, 0.1) is 31.7 Å². The summed E-state index contributed by atoms with van der Waals surface area (Å²) in [5, 5.41) is 13.9. The Morgan fingerprint density at radius 2 is 1.47 bits per heavy atom. The first-order chi connectivity index (χ1) is 23.6. The van der Waals surface area contributed by atoms with Crippen LogP contribution in [0.4, 0.5) is 14.5 Å². The molecule has 1 unspecified atom stereocenters. The van der Waals surface area contributed by atoms with Crippen molar-refractivity contribution in [1.29, 1.82) is 5.26 Å². The number of rotatable bonds is 12. The van der Waals surface area contributed by atoms with Crippen LogP contribution in [-0.2, 0) is 33.8 Å². The summed E-state index contributed by atoms with van der Waals surface area (Å²) < 4.78 is 33.4. The molecule has 0 spiro atoms. The highest BCUT2D eigenvalue weighted by Crippen LogP contribution is 2.21. The Hall–Kier alpha value is -6.08. The number of halogens is 2. The van der Waals surface area contributed by atoms with E-state index in [0.717, 1.165) is 34.5 Å². The standard InChI is InChI=1S/C39H34F2N4O4/c1-44(34-13-15-35(49-2)16-14-34)39(48)36(20-29-18-32(40)22-33(41)19-29)43-37(46)25-45(24-27-9-7-26(23-42)8-10-27)38(47)21-28-11-12-30-5-3-4-6-31(30)17-28/h3-19,22,36H,20-21,24-25H2,1-2H3,(H,43,46). The number of ether oxygens (including phenoxy) is 1. The molecule has 5 aromatic carbocycles. The molecule has 248 valence electrons. The molecule has 0 radical (unpaired) electrons. The van der Waals surface area contributed by atoms with E-state index in [1.807, 2.05) is 42.5 Å². The number of carbonyl (C=O) groups is 3. The van der Waals surface area contributed by atoms with Crippen molar-refractivity contribution in [3.05, 3.63) is 143 Å². The molecule has 1 atom stereocenters. The van der Waals surface area contributed by atoms with Crippen molar-refractivity contribution in [3.63, 3.8) is 0 Å². The average molecular weight is 661 g/mol. The minimum Gasteiger partial charge on any atom is -0.497 e. The third-order valence-electron chi connectivity index (χ3n) is 8.10. The van der Waals surface area contributed by atoms with Gasteiger partial charge in [-0.15, -0.1) is 0 Å². The van der Waals surface area contributed by atoms with Gasteiger partial charge in [-0.3, -0.25) is 14.4 Å². The fourth-order valence-electron chi connectivity index (χ4n) is 5.52. The van der Waals surface area contributed by atoms with Crippen LogP contribution < -0.4 is 15.0 Å². The van der Waals surface area contributed by atoms with Crippen molar-refractivity contribution in [2.75, 3.05) is 25.6 Å². The number of nitriles is 1. The molecular weight excluding hydrogens is 626 g/mol. The molecule has 5 aromatic rings. The first-order valence-corrected chi connectivity index (χ1v) is 15.5. The van der Waals surface area contributed by atoms with Crippen LogP contribution in [0.3, 0.4) is 0 Å². The lowest BCUT2D eigenvalue weighted by Crippen LogP contribution is -2.51. The van der Waals surface area contributed by atoms with E-state index in [9.17, 15) is 28.4 Å². The molecule has 0 bridgehead atoms. The number of benzene rings is 5. The largest absolute Gasteiger partial charge is 0.497 e. The van der Waals surface area contributed by atoms with Gasteiger partial charge in [-0.2, -0.15) is 5.26 Å². The molecule has 0 aromatic heterocycles. The topological polar surface area (TPSA) is 103 Å². The molecule has 3 amide bonds. The number of hydrogen-bond donors (Lipinski definition) is 1. The second-order valence-electron chi connectivity index (χ2n) is 11.6. The molecule has 0 saturated carbocycles. The summed E-state index contributed by atoms with van der Waals surface area (Å²) in [5.41, 5.74) is 2.58. The van der Waals surface area contributed by atoms with Gasteiger partial charge in [0.25, 0.3) is 0 Å². The molecule has 49 heavy (non-hydrogen) atoms. The highest BCUT2D eigenvalue weighted by molar-refractivity contribution is 5.99. The zero-order valence-corrected chi connectivity index (χ0v) is 27.0. The highest BCUT2D eigenvalue weighted by Gasteiger charge is 2.28. The zero-order valence-electron chi connectivity index (χ0n) is 27.0. The molecule has 0 fully saturated rings. The lowest BCUT2D eigenvalue weighted by molar-refractivity contribution is -0.136. The quantitative estimate of drug-likeness (QED) is 0.178. The van der Waals surface area contributed by atoms with Gasteiger partial charge in [0.1, 0.15) is 23.4 Å². The van der Waals surface area contributed by atoms with E-state index in [-0.39, 0.29) is 30.9 Å². The van der Waals surface area contributed by atoms with Gasteiger partial charge in [-0.25, -0.2) is 8.78 Å². The number of nitrogens with one attached hydrogen (secondary N) is 1. The van der Waals surface area contributed by atoms with Crippen LogP contribution in [0.15, 0.2) is 109 Å². The second kappa shape index (κ2) is 15.7. The number of nitrogens with zero attached hydrogens (tertiary/aromatic N) is 3. The molecule has 0 aliphatic rings. The number of likely N-dealkylation sites (N-methyl/N-ethyl adjacent to an activating group) is 1. The molecular formula is C39H34F2N4O4. The molecule has 0 aliphatic heterocycles. The van der Waals surface area contributed by atoms with Crippen molar-refractivity contribution in [2.45, 2.75) is 25.4 Å². The number of amides is 3. The Morgan fingerprint density at radius 1 is 0.816 bits per heavy atom. The van der Waals surface area contributed by atoms with Crippen molar-refractivity contribution >= 4 is 34.2 Å². The minimum atomic E-state index is -1.23. The van der Waals surface area contributed by atoms with Crippen LogP contribution in [0.1, 0.15) is 22.3 Å². The van der Waals surface area contributed by atoms with Crippen molar-refractivity contribution in [2.24, 2.45) is 0 Å². The molecule has 8 nitrogen and oxygen atoms in total. The van der Waals surface area contributed by atoms with Crippen molar-refractivity contribution in [1.82, 2.24) is 10.2 Å². The minimum absolute atomic E-state index is 0.0134. The summed E-state index contributed by atoms with van der Waals surface area (Å²) in [4.78, 5) is 44.0. The monoisotopic (exact) mass is 660 g/mol. The number of carbonyl (C=O) groups excluding carboxylic acids is 3. The lowest BCUT2D eigenvalue weighted by atomic mass is 10.0. The summed E-state index contributed by atoms with van der Waals surface area (Å²) in [6, 6.07) is 30.6. The van der Waals surface area contributed by atoms with Gasteiger partial charge < -0.3 is 19.9 Å². The average Bonchev–Trinajstić information content (AvgIpc) is 3.10. The van der Waals surface area contributed by atoms with E-state index in [2.05, 4.69) is 11.4 Å². The number of hydrogen-bond acceptors (Lipinski definition) is 5. The maximum Gasteiger partial charge on any atom is 0.249 e. The molecule has 5 rings (SSSR count). The van der Waals surface area contributed by atoms with E-state index >= 15 is 0 Å². The van der Waals surface area contributed by atoms with Crippen LogP contribution >= 0.6 is 0 Å². The normalized spacial score (nSPS) is 11.3. The van der Waals surface area contributed by atoms with E-state index in [1.54, 1.807) is 48.5 Å². The summed E-state index contributed by atoms with van der Waals surface area (Å²) in [6.07, 6.45) is -0.195. The molecule has 1 N–H and O–H groups in total. The Kier molecular flexibility index (Phi) is 11.0. The number of anilines is 1. The highest BCUT2D eigenvalue weighted by atomic mass is 19.1. The third-order valence-corrected chi connectivity index (χ3v) is 8.10. The zero-order chi connectivity index (χ0) is 34.9. The summed E-state index contributed by atoms with van der Waals surface area (Å²) in [7, 11) is 3.05. The number of fused-ring (bicyclic) bond motifs is 1. The molecule has 0 saturated heterocycles. The van der Waals surface area contributed by atoms with E-state index in [1.165, 1.54) is 24.0 Å². The van der Waals surface area contributed by atoms with Crippen LogP contribution in [0, 0.1) is 23.0 Å². The maximum atomic E-state index is 14.1. The predicted octanol–water partition coefficient (Wildman–Crippen LogP) is 5.96. The van der Waals surface area contributed by atoms with Crippen LogP contribution in [0.2, 0.25) is 0 Å². The van der Waals surface area contributed by atoms with Gasteiger partial charge in [0.2, 0.25) is 17.7 Å². The first-order valence-electron chi connectivity index (χ1n) is 15.5. The van der Waals surface area contributed by atoms with Crippen LogP contribution in [0.5, 0.6) is 5.75 Å². The number of methoxy groups -OCH3 is 1. The summed E-state index contributed by atoms with van der Waals surface area (Å²) in [5.74, 6) is -2.56. The van der Waals surface area contributed by atoms with E-state index in [0.29, 0.717) is 22.6 Å². The predicted molar refractivity (Wildman–Crippen MR) is 183 cm³/mol. The van der Waals surface area contributed by atoms with Crippen LogP contribution in [0.25, 0.3) is 10.8 Å². The molecule has 0 heterocycles. The second-order valence-corrected chi connectivity index (χ2v) is 11.6. The Bertz CT molecular complexity index is 1990. The fourth-order valence-corrected chi connectivity index (χ4v) is 5.52. The van der Waals surface area contributed by atoms with Crippen molar-refractivity contribution < 1.29 is 27.9 Å². The first kappa shape index (κ1) is 34.3. The van der Waals surface area contributed by atoms with Crippen molar-refractivity contribution in [3.8, 4) is 11.8 Å². The van der Waals surface area contributed by atoms with Gasteiger partial charge in [-0.05, 0) is 76.0 Å². The summed E-state index contributed by atoms with van der Waals surface area (Å²) in [6.45, 7) is -0.342. The summed E-state index contributed by atoms with van der Waals surface area (Å²) >= 11 is 0. The van der Waals surface area contributed by atoms with Gasteiger partial charge in [-0.1, -0.05) is 54.6 Å². The van der Waals surface area contributed by atoms with Gasteiger partial charge >= 0.3 is 0 Å². The van der Waals surface area contributed by atoms with Gasteiger partial charge in [0, 0.05) is 31.8 Å². The lowest BCUT2D eigenvalue weighted by Gasteiger charge is -2.27. The van der Waals surface area contributed by atoms with E-state index < -0.39 is 36.0 Å². The SMILES string of the molecule is COc1ccc(N(C)C(=O)C(Cc2cc(F)cc(F)c2)NC(=O)CN(Cc2ccc(C#N)cc2)C(=O)Cc2ccc3ccccc3c2)cc1. The van der Waals surface area contributed by atoms with Crippen LogP contribution in [-0.4, -0.2) is 49.4 Å². The Morgan fingerprint density at radius 3 is 2.12 bits per heavy atom. The fraction of sp³-hybridized carbons (Fsp3) is 0.179. The molecule has 0 aliphatic carbocycles.